The maximum atomic E-state index is 11.5. The standard InChI is InChI=1S/C24H44O4S/c1-2-3-4-5-6-7-8-9-10-11-12-13-14-15-16-18-21-24(25)22-19-17-20-23(24)29(26,27)28/h17,19-20,22-23,25H,2-16,18,21H2,1H3,(H,26,27,28). The maximum absolute atomic E-state index is 11.5. The van der Waals surface area contributed by atoms with Crippen LogP contribution < -0.4 is 0 Å². The van der Waals surface area contributed by atoms with Gasteiger partial charge in [0.15, 0.2) is 0 Å². The van der Waals surface area contributed by atoms with Crippen molar-refractivity contribution in [3.8, 4) is 0 Å². The van der Waals surface area contributed by atoms with Crippen LogP contribution in [0.1, 0.15) is 116 Å². The average Bonchev–Trinajstić information content (AvgIpc) is 2.67. The highest BCUT2D eigenvalue weighted by Crippen LogP contribution is 2.29. The van der Waals surface area contributed by atoms with E-state index in [1.54, 1.807) is 12.2 Å². The first-order chi connectivity index (χ1) is 13.9. The molecule has 0 saturated carbocycles. The van der Waals surface area contributed by atoms with Gasteiger partial charge in [-0.2, -0.15) is 8.42 Å². The van der Waals surface area contributed by atoms with Gasteiger partial charge in [0.2, 0.25) is 0 Å². The molecule has 2 unspecified atom stereocenters. The number of hydrogen-bond acceptors (Lipinski definition) is 3. The van der Waals surface area contributed by atoms with Crippen LogP contribution in [0.3, 0.4) is 0 Å². The molecule has 2 N–H and O–H groups in total. The van der Waals surface area contributed by atoms with Crippen molar-refractivity contribution in [3.63, 3.8) is 0 Å². The first kappa shape index (κ1) is 26.4. The zero-order chi connectivity index (χ0) is 21.4. The number of unbranched alkanes of at least 4 members (excludes halogenated alkanes) is 15. The first-order valence-corrected chi connectivity index (χ1v) is 13.4. The molecule has 4 nitrogen and oxygen atoms in total. The van der Waals surface area contributed by atoms with Gasteiger partial charge in [-0.25, -0.2) is 0 Å². The Labute approximate surface area is 179 Å². The Balaban J connectivity index is 1.95. The molecule has 1 rings (SSSR count). The van der Waals surface area contributed by atoms with Gasteiger partial charge in [0.25, 0.3) is 10.1 Å². The lowest BCUT2D eigenvalue weighted by molar-refractivity contribution is 0.0809. The van der Waals surface area contributed by atoms with Gasteiger partial charge < -0.3 is 5.11 Å². The lowest BCUT2D eigenvalue weighted by Gasteiger charge is -2.31. The highest BCUT2D eigenvalue weighted by atomic mass is 32.2. The summed E-state index contributed by atoms with van der Waals surface area (Å²) in [5.41, 5.74) is -1.49. The molecule has 0 amide bonds. The van der Waals surface area contributed by atoms with Crippen LogP contribution in [0.15, 0.2) is 24.3 Å². The van der Waals surface area contributed by atoms with Crippen LogP contribution in [-0.2, 0) is 10.1 Å². The molecule has 5 heteroatoms. The summed E-state index contributed by atoms with van der Waals surface area (Å²) in [5, 5.41) is 9.35. The molecule has 2 atom stereocenters. The molecule has 0 saturated heterocycles. The molecular formula is C24H44O4S. The van der Waals surface area contributed by atoms with E-state index in [-0.39, 0.29) is 0 Å². The van der Waals surface area contributed by atoms with E-state index in [0.29, 0.717) is 6.42 Å². The summed E-state index contributed by atoms with van der Waals surface area (Å²) in [4.78, 5) is 0. The van der Waals surface area contributed by atoms with E-state index in [1.807, 2.05) is 0 Å². The van der Waals surface area contributed by atoms with Gasteiger partial charge in [-0.3, -0.25) is 4.55 Å². The molecule has 0 radical (unpaired) electrons. The van der Waals surface area contributed by atoms with Crippen molar-refractivity contribution in [2.24, 2.45) is 0 Å². The molecule has 1 aliphatic rings. The minimum atomic E-state index is -4.29. The van der Waals surface area contributed by atoms with E-state index < -0.39 is 21.0 Å². The van der Waals surface area contributed by atoms with Crippen LogP contribution in [0.2, 0.25) is 0 Å². The Kier molecular flexibility index (Phi) is 13.8. The van der Waals surface area contributed by atoms with Crippen molar-refractivity contribution in [1.29, 1.82) is 0 Å². The summed E-state index contributed by atoms with van der Waals surface area (Å²) in [6.45, 7) is 2.26. The highest BCUT2D eigenvalue weighted by molar-refractivity contribution is 7.86. The lowest BCUT2D eigenvalue weighted by atomic mass is 9.89. The van der Waals surface area contributed by atoms with Gasteiger partial charge in [0.05, 0.1) is 0 Å². The van der Waals surface area contributed by atoms with Crippen LogP contribution in [-0.4, -0.2) is 28.9 Å². The van der Waals surface area contributed by atoms with E-state index in [4.69, 9.17) is 0 Å². The molecule has 0 aromatic rings. The Morgan fingerprint density at radius 3 is 1.55 bits per heavy atom. The number of allylic oxidation sites excluding steroid dienone is 2. The Morgan fingerprint density at radius 1 is 0.724 bits per heavy atom. The normalized spacial score (nSPS) is 21.7. The fourth-order valence-corrected chi connectivity index (χ4v) is 5.19. The monoisotopic (exact) mass is 428 g/mol. The second-order valence-corrected chi connectivity index (χ2v) is 10.3. The molecule has 0 fully saturated rings. The summed E-state index contributed by atoms with van der Waals surface area (Å²) in [7, 11) is -4.29. The van der Waals surface area contributed by atoms with Gasteiger partial charge in [-0.15, -0.1) is 0 Å². The molecule has 0 heterocycles. The molecule has 0 aromatic carbocycles. The Morgan fingerprint density at radius 2 is 1.14 bits per heavy atom. The topological polar surface area (TPSA) is 74.6 Å². The van der Waals surface area contributed by atoms with Gasteiger partial charge in [0.1, 0.15) is 10.9 Å². The second kappa shape index (κ2) is 15.2. The first-order valence-electron chi connectivity index (χ1n) is 11.9. The predicted octanol–water partition coefficient (Wildman–Crippen LogP) is 6.75. The van der Waals surface area contributed by atoms with Crippen molar-refractivity contribution in [1.82, 2.24) is 0 Å². The fraction of sp³-hybridized carbons (Fsp3) is 0.833. The Bertz CT molecular complexity index is 567. The van der Waals surface area contributed by atoms with E-state index in [2.05, 4.69) is 6.92 Å². The molecule has 0 aliphatic heterocycles. The quantitative estimate of drug-likeness (QED) is 0.187. The molecular weight excluding hydrogens is 384 g/mol. The van der Waals surface area contributed by atoms with E-state index in [1.165, 1.54) is 95.6 Å². The number of hydrogen-bond donors (Lipinski definition) is 2. The summed E-state index contributed by atoms with van der Waals surface area (Å²) >= 11 is 0. The largest absolute Gasteiger partial charge is 0.384 e. The van der Waals surface area contributed by atoms with Crippen molar-refractivity contribution in [2.45, 2.75) is 127 Å². The fourth-order valence-electron chi connectivity index (χ4n) is 4.19. The summed E-state index contributed by atoms with van der Waals surface area (Å²) in [6.07, 6.45) is 26.9. The number of aliphatic hydroxyl groups is 1. The van der Waals surface area contributed by atoms with Gasteiger partial charge in [-0.05, 0) is 6.42 Å². The smallest absolute Gasteiger partial charge is 0.274 e. The van der Waals surface area contributed by atoms with E-state index in [0.717, 1.165) is 19.3 Å². The predicted molar refractivity (Wildman–Crippen MR) is 123 cm³/mol. The van der Waals surface area contributed by atoms with Crippen LogP contribution in [0.5, 0.6) is 0 Å². The van der Waals surface area contributed by atoms with Gasteiger partial charge >= 0.3 is 0 Å². The third-order valence-corrected chi connectivity index (χ3v) is 7.23. The molecule has 0 spiro atoms. The highest BCUT2D eigenvalue weighted by Gasteiger charge is 2.41. The van der Waals surface area contributed by atoms with Crippen LogP contribution >= 0.6 is 0 Å². The SMILES string of the molecule is CCCCCCCCCCCCCCCCCCC1(O)C=CC=CC1S(=O)(=O)O. The second-order valence-electron chi connectivity index (χ2n) is 8.72. The van der Waals surface area contributed by atoms with E-state index >= 15 is 0 Å². The molecule has 0 aromatic heterocycles. The molecule has 1 aliphatic carbocycles. The van der Waals surface area contributed by atoms with Crippen molar-refractivity contribution in [2.75, 3.05) is 0 Å². The maximum Gasteiger partial charge on any atom is 0.274 e. The molecule has 170 valence electrons. The van der Waals surface area contributed by atoms with Crippen molar-refractivity contribution in [3.05, 3.63) is 24.3 Å². The summed E-state index contributed by atoms with van der Waals surface area (Å²) < 4.78 is 32.3. The third kappa shape index (κ3) is 12.0. The lowest BCUT2D eigenvalue weighted by Crippen LogP contribution is -2.45. The van der Waals surface area contributed by atoms with Gasteiger partial charge in [0, 0.05) is 0 Å². The summed E-state index contributed by atoms with van der Waals surface area (Å²) in [5.74, 6) is 0. The number of rotatable bonds is 18. The van der Waals surface area contributed by atoms with Crippen molar-refractivity contribution >= 4 is 10.1 Å². The average molecular weight is 429 g/mol. The molecule has 29 heavy (non-hydrogen) atoms. The summed E-state index contributed by atoms with van der Waals surface area (Å²) in [6, 6.07) is 0. The Hall–Kier alpha value is -0.650. The van der Waals surface area contributed by atoms with Crippen molar-refractivity contribution < 1.29 is 18.1 Å². The minimum Gasteiger partial charge on any atom is -0.384 e. The molecule has 0 bridgehead atoms. The minimum absolute atomic E-state index is 0.358. The van der Waals surface area contributed by atoms with Crippen LogP contribution in [0, 0.1) is 0 Å². The van der Waals surface area contributed by atoms with Crippen LogP contribution in [0.4, 0.5) is 0 Å². The zero-order valence-corrected chi connectivity index (χ0v) is 19.3. The third-order valence-electron chi connectivity index (χ3n) is 6.03. The van der Waals surface area contributed by atoms with Gasteiger partial charge in [-0.1, -0.05) is 134 Å². The van der Waals surface area contributed by atoms with E-state index in [9.17, 15) is 18.1 Å². The van der Waals surface area contributed by atoms with Crippen LogP contribution in [0.25, 0.3) is 0 Å². The zero-order valence-electron chi connectivity index (χ0n) is 18.5.